The highest BCUT2D eigenvalue weighted by atomic mass is 35.5. The van der Waals surface area contributed by atoms with Crippen LogP contribution >= 0.6 is 12.4 Å². The zero-order chi connectivity index (χ0) is 18.6. The van der Waals surface area contributed by atoms with Gasteiger partial charge in [-0.2, -0.15) is 13.2 Å². The molecule has 2 unspecified atom stereocenters. The third kappa shape index (κ3) is 6.14. The average molecular weight is 395 g/mol. The smallest absolute Gasteiger partial charge is 0.416 e. The molecule has 1 aliphatic rings. The molecule has 1 fully saturated rings. The molecule has 0 bridgehead atoms. The van der Waals surface area contributed by atoms with E-state index in [1.165, 1.54) is 0 Å². The predicted molar refractivity (Wildman–Crippen MR) is 96.6 cm³/mol. The first-order chi connectivity index (χ1) is 11.7. The van der Waals surface area contributed by atoms with Crippen LogP contribution in [0.25, 0.3) is 0 Å². The normalized spacial score (nSPS) is 20.3. The molecule has 1 heterocycles. The van der Waals surface area contributed by atoms with Crippen molar-refractivity contribution in [2.45, 2.75) is 44.4 Å². The molecule has 8 heteroatoms. The minimum atomic E-state index is -4.31. The molecule has 1 saturated heterocycles. The van der Waals surface area contributed by atoms with Crippen molar-refractivity contribution in [2.24, 2.45) is 0 Å². The maximum Gasteiger partial charge on any atom is 0.416 e. The molecule has 1 aromatic carbocycles. The Bertz CT molecular complexity index is 581. The molecule has 1 aliphatic heterocycles. The number of nitrogens with zero attached hydrogens (tertiary/aromatic N) is 2. The van der Waals surface area contributed by atoms with Gasteiger partial charge in [0.15, 0.2) is 0 Å². The number of carboxylic acids is 1. The lowest BCUT2D eigenvalue weighted by Crippen LogP contribution is -2.36. The van der Waals surface area contributed by atoms with E-state index in [1.807, 2.05) is 18.9 Å². The van der Waals surface area contributed by atoms with E-state index in [-0.39, 0.29) is 31.0 Å². The standard InChI is InChI=1S/C18H25F3N2O2.ClH/c1-13(14-5-7-15(8-6-14)18(19,20)21)23-10-3-4-16(9-11-23)22(2)12-17(24)25;/h5-8,13,16H,3-4,9-12H2,1-2H3,(H,24,25);1H. The fraction of sp³-hybridized carbons (Fsp3) is 0.611. The summed E-state index contributed by atoms with van der Waals surface area (Å²) in [7, 11) is 1.83. The first-order valence-corrected chi connectivity index (χ1v) is 8.51. The number of hydrogen-bond acceptors (Lipinski definition) is 3. The minimum Gasteiger partial charge on any atom is -0.480 e. The second-order valence-electron chi connectivity index (χ2n) is 6.73. The van der Waals surface area contributed by atoms with E-state index in [2.05, 4.69) is 4.90 Å². The van der Waals surface area contributed by atoms with Gasteiger partial charge in [-0.3, -0.25) is 14.6 Å². The summed E-state index contributed by atoms with van der Waals surface area (Å²) in [5, 5.41) is 8.92. The van der Waals surface area contributed by atoms with Crippen LogP contribution in [0.4, 0.5) is 13.2 Å². The van der Waals surface area contributed by atoms with Gasteiger partial charge in [0.2, 0.25) is 0 Å². The highest BCUT2D eigenvalue weighted by molar-refractivity contribution is 5.85. The van der Waals surface area contributed by atoms with Crippen molar-refractivity contribution in [2.75, 3.05) is 26.7 Å². The number of aliphatic carboxylic acids is 1. The van der Waals surface area contributed by atoms with Gasteiger partial charge in [-0.15, -0.1) is 12.4 Å². The molecule has 0 spiro atoms. The van der Waals surface area contributed by atoms with Crippen LogP contribution in [0.5, 0.6) is 0 Å². The van der Waals surface area contributed by atoms with Gasteiger partial charge in [-0.1, -0.05) is 12.1 Å². The van der Waals surface area contributed by atoms with Gasteiger partial charge in [0.05, 0.1) is 12.1 Å². The number of rotatable bonds is 5. The van der Waals surface area contributed by atoms with E-state index in [4.69, 9.17) is 5.11 Å². The molecule has 2 rings (SSSR count). The Morgan fingerprint density at radius 3 is 2.42 bits per heavy atom. The zero-order valence-corrected chi connectivity index (χ0v) is 15.8. The van der Waals surface area contributed by atoms with Gasteiger partial charge in [0.1, 0.15) is 0 Å². The molecule has 0 saturated carbocycles. The summed E-state index contributed by atoms with van der Waals surface area (Å²) in [5.74, 6) is -0.832. The molecular formula is C18H26ClF3N2O2. The van der Waals surface area contributed by atoms with Crippen LogP contribution in [0, 0.1) is 0 Å². The third-order valence-corrected chi connectivity index (χ3v) is 5.01. The Kier molecular flexibility index (Phi) is 8.37. The molecule has 26 heavy (non-hydrogen) atoms. The monoisotopic (exact) mass is 394 g/mol. The SMILES string of the molecule is CC(c1ccc(C(F)(F)F)cc1)N1CCCC(N(C)CC(=O)O)CC1.Cl. The molecule has 1 aromatic rings. The topological polar surface area (TPSA) is 43.8 Å². The van der Waals surface area contributed by atoms with Crippen LogP contribution in [-0.2, 0) is 11.0 Å². The lowest BCUT2D eigenvalue weighted by atomic mass is 10.0. The Morgan fingerprint density at radius 1 is 1.27 bits per heavy atom. The number of hydrogen-bond donors (Lipinski definition) is 1. The maximum absolute atomic E-state index is 12.7. The molecule has 0 aliphatic carbocycles. The van der Waals surface area contributed by atoms with Crippen LogP contribution < -0.4 is 0 Å². The summed E-state index contributed by atoms with van der Waals surface area (Å²) < 4.78 is 38.0. The van der Waals surface area contributed by atoms with Crippen LogP contribution in [0.1, 0.15) is 43.4 Å². The van der Waals surface area contributed by atoms with Gasteiger partial charge >= 0.3 is 12.1 Å². The summed E-state index contributed by atoms with van der Waals surface area (Å²) in [6.45, 7) is 3.69. The van der Waals surface area contributed by atoms with E-state index in [0.29, 0.717) is 0 Å². The Hall–Kier alpha value is -1.31. The van der Waals surface area contributed by atoms with Crippen molar-refractivity contribution in [3.8, 4) is 0 Å². The fourth-order valence-corrected chi connectivity index (χ4v) is 3.43. The summed E-state index contributed by atoms with van der Waals surface area (Å²) in [6.07, 6.45) is -1.58. The Labute approximate surface area is 158 Å². The lowest BCUT2D eigenvalue weighted by Gasteiger charge is -2.29. The summed E-state index contributed by atoms with van der Waals surface area (Å²) in [6, 6.07) is 5.62. The van der Waals surface area contributed by atoms with E-state index in [9.17, 15) is 18.0 Å². The Balaban J connectivity index is 0.00000338. The third-order valence-electron chi connectivity index (χ3n) is 5.01. The first kappa shape index (κ1) is 22.7. The molecule has 0 radical (unpaired) electrons. The van der Waals surface area contributed by atoms with Crippen molar-refractivity contribution in [1.82, 2.24) is 9.80 Å². The number of carbonyl (C=O) groups is 1. The van der Waals surface area contributed by atoms with Gasteiger partial charge < -0.3 is 5.11 Å². The molecule has 148 valence electrons. The first-order valence-electron chi connectivity index (χ1n) is 8.51. The predicted octanol–water partition coefficient (Wildman–Crippen LogP) is 4.06. The van der Waals surface area contributed by atoms with Gasteiger partial charge in [0.25, 0.3) is 0 Å². The van der Waals surface area contributed by atoms with Crippen molar-refractivity contribution >= 4 is 18.4 Å². The van der Waals surface area contributed by atoms with Crippen LogP contribution in [0.2, 0.25) is 0 Å². The van der Waals surface area contributed by atoms with Crippen molar-refractivity contribution in [1.29, 1.82) is 0 Å². The summed E-state index contributed by atoms with van der Waals surface area (Å²) in [4.78, 5) is 15.0. The van der Waals surface area contributed by atoms with Crippen LogP contribution in [0.15, 0.2) is 24.3 Å². The molecule has 1 N–H and O–H groups in total. The molecule has 0 amide bonds. The molecule has 0 aromatic heterocycles. The van der Waals surface area contributed by atoms with Gasteiger partial charge in [-0.25, -0.2) is 0 Å². The number of carboxylic acid groups (broad SMARTS) is 1. The van der Waals surface area contributed by atoms with Gasteiger partial charge in [0, 0.05) is 18.6 Å². The van der Waals surface area contributed by atoms with Crippen LogP contribution in [-0.4, -0.2) is 53.6 Å². The summed E-state index contributed by atoms with van der Waals surface area (Å²) >= 11 is 0. The summed E-state index contributed by atoms with van der Waals surface area (Å²) in [5.41, 5.74) is 0.236. The molecule has 4 nitrogen and oxygen atoms in total. The second-order valence-corrected chi connectivity index (χ2v) is 6.73. The van der Waals surface area contributed by atoms with E-state index >= 15 is 0 Å². The van der Waals surface area contributed by atoms with Crippen molar-refractivity contribution in [3.63, 3.8) is 0 Å². The van der Waals surface area contributed by atoms with E-state index in [1.54, 1.807) is 12.1 Å². The number of alkyl halides is 3. The second kappa shape index (κ2) is 9.58. The largest absolute Gasteiger partial charge is 0.480 e. The number of halogens is 4. The highest BCUT2D eigenvalue weighted by Crippen LogP contribution is 2.31. The van der Waals surface area contributed by atoms with Crippen molar-refractivity contribution < 1.29 is 23.1 Å². The average Bonchev–Trinajstić information content (AvgIpc) is 2.79. The molecular weight excluding hydrogens is 369 g/mol. The number of likely N-dealkylation sites (N-methyl/N-ethyl adjacent to an activating group) is 1. The Morgan fingerprint density at radius 2 is 1.88 bits per heavy atom. The van der Waals surface area contributed by atoms with Crippen LogP contribution in [0.3, 0.4) is 0 Å². The number of benzene rings is 1. The highest BCUT2D eigenvalue weighted by Gasteiger charge is 2.30. The number of likely N-dealkylation sites (tertiary alicyclic amines) is 1. The van der Waals surface area contributed by atoms with E-state index < -0.39 is 17.7 Å². The maximum atomic E-state index is 12.7. The quantitative estimate of drug-likeness (QED) is 0.818. The van der Waals surface area contributed by atoms with Gasteiger partial charge in [-0.05, 0) is 57.5 Å². The molecule has 2 atom stereocenters. The lowest BCUT2D eigenvalue weighted by molar-refractivity contribution is -0.139. The zero-order valence-electron chi connectivity index (χ0n) is 15.0. The van der Waals surface area contributed by atoms with E-state index in [0.717, 1.165) is 50.0 Å². The van der Waals surface area contributed by atoms with Crippen molar-refractivity contribution in [3.05, 3.63) is 35.4 Å². The fourth-order valence-electron chi connectivity index (χ4n) is 3.43. The minimum absolute atomic E-state index is 0.